The smallest absolute Gasteiger partial charge is 0.343 e. The Balaban J connectivity index is 1.88. The zero-order valence-electron chi connectivity index (χ0n) is 17.6. The first kappa shape index (κ1) is 21.5. The summed E-state index contributed by atoms with van der Waals surface area (Å²) in [5, 5.41) is 0.646. The molecule has 0 aliphatic carbocycles. The van der Waals surface area contributed by atoms with Gasteiger partial charge in [0.25, 0.3) is 0 Å². The van der Waals surface area contributed by atoms with E-state index in [2.05, 4.69) is 0 Å². The highest BCUT2D eigenvalue weighted by Gasteiger charge is 2.23. The Hall–Kier alpha value is -3.77. The summed E-state index contributed by atoms with van der Waals surface area (Å²) in [6.07, 6.45) is 0. The number of halogens is 1. The second-order valence-corrected chi connectivity index (χ2v) is 7.44. The van der Waals surface area contributed by atoms with E-state index in [4.69, 9.17) is 30.2 Å². The molecule has 0 atom stereocenters. The normalized spacial score (nSPS) is 10.8. The number of ether oxygens (including phenoxy) is 3. The topological polar surface area (TPSA) is 75.0 Å². The lowest BCUT2D eigenvalue weighted by Gasteiger charge is -2.13. The van der Waals surface area contributed by atoms with Gasteiger partial charge in [-0.05, 0) is 55.0 Å². The van der Waals surface area contributed by atoms with Crippen molar-refractivity contribution < 1.29 is 23.4 Å². The van der Waals surface area contributed by atoms with Crippen molar-refractivity contribution in [3.63, 3.8) is 0 Å². The van der Waals surface area contributed by atoms with Crippen molar-refractivity contribution in [2.45, 2.75) is 6.92 Å². The molecule has 0 N–H and O–H groups in total. The molecular weight excluding hydrogens is 432 g/mol. The number of methoxy groups -OCH3 is 2. The molecule has 6 nitrogen and oxygen atoms in total. The lowest BCUT2D eigenvalue weighted by atomic mass is 10.1. The van der Waals surface area contributed by atoms with Gasteiger partial charge in [-0.2, -0.15) is 0 Å². The Labute approximate surface area is 188 Å². The Kier molecular flexibility index (Phi) is 5.88. The first-order chi connectivity index (χ1) is 15.4. The minimum atomic E-state index is -0.752. The van der Waals surface area contributed by atoms with Gasteiger partial charge in [-0.15, -0.1) is 0 Å². The third kappa shape index (κ3) is 3.92. The van der Waals surface area contributed by atoms with Gasteiger partial charge in [0.05, 0.1) is 30.2 Å². The molecule has 0 aliphatic heterocycles. The van der Waals surface area contributed by atoms with Gasteiger partial charge in [-0.25, -0.2) is 4.79 Å². The van der Waals surface area contributed by atoms with Crippen LogP contribution in [0.15, 0.2) is 69.9 Å². The summed E-state index contributed by atoms with van der Waals surface area (Å²) in [4.78, 5) is 26.3. The van der Waals surface area contributed by atoms with Crippen LogP contribution in [0, 0.1) is 6.92 Å². The molecule has 4 aromatic rings. The predicted octanol–water partition coefficient (Wildman–Crippen LogP) is 5.66. The average molecular weight is 451 g/mol. The van der Waals surface area contributed by atoms with E-state index in [0.29, 0.717) is 33.1 Å². The Bertz CT molecular complexity index is 1390. The average Bonchev–Trinajstić information content (AvgIpc) is 2.80. The van der Waals surface area contributed by atoms with Crippen LogP contribution in [0.2, 0.25) is 5.02 Å². The number of aryl methyl sites for hydroxylation is 1. The third-order valence-corrected chi connectivity index (χ3v) is 5.27. The maximum absolute atomic E-state index is 13.3. The Morgan fingerprint density at radius 1 is 0.938 bits per heavy atom. The molecule has 0 bridgehead atoms. The van der Waals surface area contributed by atoms with E-state index in [1.165, 1.54) is 26.4 Å². The van der Waals surface area contributed by atoms with Gasteiger partial charge in [0.15, 0.2) is 17.3 Å². The van der Waals surface area contributed by atoms with Gasteiger partial charge in [-0.3, -0.25) is 4.79 Å². The van der Waals surface area contributed by atoms with Crippen molar-refractivity contribution in [3.05, 3.63) is 87.0 Å². The van der Waals surface area contributed by atoms with Crippen molar-refractivity contribution in [1.29, 1.82) is 0 Å². The fourth-order valence-electron chi connectivity index (χ4n) is 3.31. The maximum atomic E-state index is 13.3. The standard InChI is InChI=1S/C25H19ClO6/c1-14-8-10-17-20(12-14)31-23(16-6-4-5-7-18(16)26)24(22(17)27)32-25(28)15-9-11-19(29-2)21(13-15)30-3/h4-13H,1-3H3. The van der Waals surface area contributed by atoms with Crippen LogP contribution in [-0.4, -0.2) is 20.2 Å². The van der Waals surface area contributed by atoms with E-state index in [1.54, 1.807) is 48.5 Å². The van der Waals surface area contributed by atoms with E-state index >= 15 is 0 Å². The molecule has 162 valence electrons. The monoisotopic (exact) mass is 450 g/mol. The molecule has 0 unspecified atom stereocenters. The first-order valence-corrected chi connectivity index (χ1v) is 10.1. The number of esters is 1. The summed E-state index contributed by atoms with van der Waals surface area (Å²) in [7, 11) is 2.95. The summed E-state index contributed by atoms with van der Waals surface area (Å²) in [6.45, 7) is 1.89. The van der Waals surface area contributed by atoms with Gasteiger partial charge in [0.2, 0.25) is 11.2 Å². The van der Waals surface area contributed by atoms with Crippen LogP contribution < -0.4 is 19.6 Å². The lowest BCUT2D eigenvalue weighted by molar-refractivity contribution is 0.0731. The van der Waals surface area contributed by atoms with Crippen LogP contribution in [-0.2, 0) is 0 Å². The molecular formula is C25H19ClO6. The fraction of sp³-hybridized carbons (Fsp3) is 0.120. The molecule has 1 heterocycles. The summed E-state index contributed by atoms with van der Waals surface area (Å²) >= 11 is 6.36. The number of carbonyl (C=O) groups excluding carboxylic acids is 1. The van der Waals surface area contributed by atoms with Gasteiger partial charge in [0.1, 0.15) is 5.58 Å². The highest BCUT2D eigenvalue weighted by molar-refractivity contribution is 6.33. The zero-order valence-corrected chi connectivity index (χ0v) is 18.4. The SMILES string of the molecule is COc1ccc(C(=O)Oc2c(-c3ccccc3Cl)oc3cc(C)ccc3c2=O)cc1OC. The molecule has 0 amide bonds. The quantitative estimate of drug-likeness (QED) is 0.365. The van der Waals surface area contributed by atoms with E-state index in [9.17, 15) is 9.59 Å². The van der Waals surface area contributed by atoms with Crippen LogP contribution in [0.1, 0.15) is 15.9 Å². The minimum Gasteiger partial charge on any atom is -0.493 e. The van der Waals surface area contributed by atoms with Gasteiger partial charge in [-0.1, -0.05) is 29.8 Å². The van der Waals surface area contributed by atoms with Crippen LogP contribution in [0.3, 0.4) is 0 Å². The molecule has 0 saturated carbocycles. The predicted molar refractivity (Wildman–Crippen MR) is 122 cm³/mol. The number of hydrogen-bond acceptors (Lipinski definition) is 6. The number of rotatable bonds is 5. The fourth-order valence-corrected chi connectivity index (χ4v) is 3.54. The molecule has 3 aromatic carbocycles. The molecule has 0 saturated heterocycles. The summed E-state index contributed by atoms with van der Waals surface area (Å²) in [5.41, 5.74) is 1.42. The molecule has 0 fully saturated rings. The summed E-state index contributed by atoms with van der Waals surface area (Å²) in [5.74, 6) is -0.101. The van der Waals surface area contributed by atoms with E-state index in [1.807, 2.05) is 6.92 Å². The summed E-state index contributed by atoms with van der Waals surface area (Å²) < 4.78 is 22.1. The Morgan fingerprint density at radius 2 is 1.69 bits per heavy atom. The summed E-state index contributed by atoms with van der Waals surface area (Å²) in [6, 6.07) is 16.6. The molecule has 7 heteroatoms. The second-order valence-electron chi connectivity index (χ2n) is 7.03. The molecule has 4 rings (SSSR count). The molecule has 32 heavy (non-hydrogen) atoms. The van der Waals surface area contributed by atoms with Crippen molar-refractivity contribution in [1.82, 2.24) is 0 Å². The van der Waals surface area contributed by atoms with Crippen molar-refractivity contribution in [3.8, 4) is 28.6 Å². The van der Waals surface area contributed by atoms with Crippen molar-refractivity contribution in [2.75, 3.05) is 14.2 Å². The highest BCUT2D eigenvalue weighted by Crippen LogP contribution is 2.36. The van der Waals surface area contributed by atoms with E-state index in [-0.39, 0.29) is 17.1 Å². The molecule has 0 spiro atoms. The number of benzene rings is 3. The van der Waals surface area contributed by atoms with E-state index < -0.39 is 11.4 Å². The van der Waals surface area contributed by atoms with Gasteiger partial charge in [0, 0.05) is 5.56 Å². The molecule has 0 radical (unpaired) electrons. The minimum absolute atomic E-state index is 0.0764. The van der Waals surface area contributed by atoms with Crippen LogP contribution in [0.4, 0.5) is 0 Å². The number of fused-ring (bicyclic) bond motifs is 1. The van der Waals surface area contributed by atoms with Crippen LogP contribution >= 0.6 is 11.6 Å². The highest BCUT2D eigenvalue weighted by atomic mass is 35.5. The lowest BCUT2D eigenvalue weighted by Crippen LogP contribution is -2.16. The maximum Gasteiger partial charge on any atom is 0.343 e. The number of hydrogen-bond donors (Lipinski definition) is 0. The first-order valence-electron chi connectivity index (χ1n) is 9.69. The van der Waals surface area contributed by atoms with Crippen LogP contribution in [0.25, 0.3) is 22.3 Å². The van der Waals surface area contributed by atoms with Gasteiger partial charge < -0.3 is 18.6 Å². The zero-order chi connectivity index (χ0) is 22.8. The Morgan fingerprint density at radius 3 is 2.41 bits per heavy atom. The van der Waals surface area contributed by atoms with Crippen molar-refractivity contribution >= 4 is 28.5 Å². The van der Waals surface area contributed by atoms with Crippen LogP contribution in [0.5, 0.6) is 17.2 Å². The van der Waals surface area contributed by atoms with Crippen molar-refractivity contribution in [2.24, 2.45) is 0 Å². The second kappa shape index (κ2) is 8.77. The van der Waals surface area contributed by atoms with E-state index in [0.717, 1.165) is 5.56 Å². The molecule has 0 aliphatic rings. The molecule has 1 aromatic heterocycles. The largest absolute Gasteiger partial charge is 0.493 e. The van der Waals surface area contributed by atoms with Gasteiger partial charge >= 0.3 is 5.97 Å². The number of carbonyl (C=O) groups is 1. The third-order valence-electron chi connectivity index (χ3n) is 4.94.